The van der Waals surface area contributed by atoms with E-state index in [9.17, 15) is 4.79 Å². The largest absolute Gasteiger partial charge is 0.361 e. The summed E-state index contributed by atoms with van der Waals surface area (Å²) in [5, 5.41) is 9.33. The van der Waals surface area contributed by atoms with Gasteiger partial charge in [-0.25, -0.2) is 4.79 Å². The minimum absolute atomic E-state index is 0.0946. The first-order valence-corrected chi connectivity index (χ1v) is 5.03. The molecular formula is C10H17N3O2. The van der Waals surface area contributed by atoms with E-state index in [1.165, 1.54) is 0 Å². The fraction of sp³-hybridized carbons (Fsp3) is 0.600. The topological polar surface area (TPSA) is 67.2 Å². The van der Waals surface area contributed by atoms with Gasteiger partial charge >= 0.3 is 6.03 Å². The third-order valence-corrected chi connectivity index (χ3v) is 2.21. The normalized spacial score (nSPS) is 12.3. The van der Waals surface area contributed by atoms with Gasteiger partial charge in [-0.15, -0.1) is 0 Å². The molecule has 0 saturated heterocycles. The summed E-state index contributed by atoms with van der Waals surface area (Å²) in [5.74, 6) is 0.747. The van der Waals surface area contributed by atoms with Gasteiger partial charge in [0.25, 0.3) is 0 Å². The maximum atomic E-state index is 11.3. The number of carbonyl (C=O) groups is 1. The Labute approximate surface area is 89.2 Å². The maximum absolute atomic E-state index is 11.3. The highest BCUT2D eigenvalue weighted by Crippen LogP contribution is 2.20. The first-order chi connectivity index (χ1) is 7.06. The van der Waals surface area contributed by atoms with Gasteiger partial charge in [0.1, 0.15) is 5.76 Å². The summed E-state index contributed by atoms with van der Waals surface area (Å²) in [7, 11) is 0. The van der Waals surface area contributed by atoms with E-state index in [4.69, 9.17) is 4.52 Å². The Morgan fingerprint density at radius 1 is 1.53 bits per heavy atom. The van der Waals surface area contributed by atoms with Crippen molar-refractivity contribution in [3.05, 3.63) is 17.0 Å². The van der Waals surface area contributed by atoms with Crippen molar-refractivity contribution < 1.29 is 9.32 Å². The minimum Gasteiger partial charge on any atom is -0.361 e. The second kappa shape index (κ2) is 4.82. The first kappa shape index (κ1) is 11.6. The van der Waals surface area contributed by atoms with E-state index in [1.54, 1.807) is 0 Å². The van der Waals surface area contributed by atoms with Crippen molar-refractivity contribution in [1.29, 1.82) is 0 Å². The van der Waals surface area contributed by atoms with Crippen LogP contribution in [-0.4, -0.2) is 17.7 Å². The van der Waals surface area contributed by atoms with Crippen LogP contribution in [0.15, 0.2) is 4.52 Å². The average molecular weight is 211 g/mol. The first-order valence-electron chi connectivity index (χ1n) is 5.03. The van der Waals surface area contributed by atoms with Crippen LogP contribution in [0.2, 0.25) is 0 Å². The van der Waals surface area contributed by atoms with Crippen molar-refractivity contribution in [3.63, 3.8) is 0 Å². The van der Waals surface area contributed by atoms with E-state index in [2.05, 4.69) is 15.8 Å². The van der Waals surface area contributed by atoms with Gasteiger partial charge in [-0.2, -0.15) is 0 Å². The van der Waals surface area contributed by atoms with E-state index < -0.39 is 0 Å². The Morgan fingerprint density at radius 2 is 2.20 bits per heavy atom. The van der Waals surface area contributed by atoms with Crippen LogP contribution in [0.3, 0.4) is 0 Å². The molecule has 0 saturated carbocycles. The average Bonchev–Trinajstić information content (AvgIpc) is 2.46. The Bertz CT molecular complexity index is 327. The molecule has 15 heavy (non-hydrogen) atoms. The highest BCUT2D eigenvalue weighted by atomic mass is 16.5. The van der Waals surface area contributed by atoms with E-state index in [1.807, 2.05) is 27.7 Å². The number of nitrogens with zero attached hydrogens (tertiary/aromatic N) is 1. The fourth-order valence-electron chi connectivity index (χ4n) is 1.59. The van der Waals surface area contributed by atoms with E-state index in [0.29, 0.717) is 6.54 Å². The Balaban J connectivity index is 2.68. The molecule has 5 heteroatoms. The smallest absolute Gasteiger partial charge is 0.315 e. The lowest BCUT2D eigenvalue weighted by molar-refractivity contribution is 0.238. The van der Waals surface area contributed by atoms with Crippen LogP contribution in [-0.2, 0) is 0 Å². The maximum Gasteiger partial charge on any atom is 0.315 e. The number of aromatic nitrogens is 1. The molecule has 1 rings (SSSR count). The van der Waals surface area contributed by atoms with Crippen LogP contribution in [0.25, 0.3) is 0 Å². The van der Waals surface area contributed by atoms with Crippen molar-refractivity contribution in [2.75, 3.05) is 6.54 Å². The molecule has 84 valence electrons. The molecule has 0 radical (unpaired) electrons. The van der Waals surface area contributed by atoms with Crippen molar-refractivity contribution >= 4 is 6.03 Å². The number of amides is 2. The molecule has 5 nitrogen and oxygen atoms in total. The third kappa shape index (κ3) is 2.71. The number of hydrogen-bond donors (Lipinski definition) is 2. The molecule has 0 aliphatic carbocycles. The fourth-order valence-corrected chi connectivity index (χ4v) is 1.59. The standard InChI is InChI=1S/C10H17N3O2/c1-5-11-10(14)12-6(2)9-7(3)13-15-8(9)4/h6H,5H2,1-4H3,(H2,11,12,14). The summed E-state index contributed by atoms with van der Waals surface area (Å²) in [6.07, 6.45) is 0. The summed E-state index contributed by atoms with van der Waals surface area (Å²) in [4.78, 5) is 11.3. The highest BCUT2D eigenvalue weighted by molar-refractivity contribution is 5.74. The summed E-state index contributed by atoms with van der Waals surface area (Å²) in [6, 6.07) is -0.271. The monoisotopic (exact) mass is 211 g/mol. The molecule has 0 bridgehead atoms. The molecule has 0 aliphatic heterocycles. The lowest BCUT2D eigenvalue weighted by atomic mass is 10.1. The van der Waals surface area contributed by atoms with Crippen molar-refractivity contribution in [2.24, 2.45) is 0 Å². The molecule has 1 atom stereocenters. The second-order valence-electron chi connectivity index (χ2n) is 3.46. The number of urea groups is 1. The molecule has 1 aromatic rings. The van der Waals surface area contributed by atoms with Gasteiger partial charge in [0.2, 0.25) is 0 Å². The van der Waals surface area contributed by atoms with E-state index in [0.717, 1.165) is 17.0 Å². The number of rotatable bonds is 3. The van der Waals surface area contributed by atoms with Gasteiger partial charge in [0.05, 0.1) is 11.7 Å². The quantitative estimate of drug-likeness (QED) is 0.799. The van der Waals surface area contributed by atoms with Gasteiger partial charge in [-0.1, -0.05) is 5.16 Å². The summed E-state index contributed by atoms with van der Waals surface area (Å²) >= 11 is 0. The predicted molar refractivity (Wildman–Crippen MR) is 56.6 cm³/mol. The molecular weight excluding hydrogens is 194 g/mol. The number of carbonyl (C=O) groups excluding carboxylic acids is 1. The van der Waals surface area contributed by atoms with Crippen LogP contribution in [0, 0.1) is 13.8 Å². The minimum atomic E-state index is -0.176. The Hall–Kier alpha value is -1.52. The highest BCUT2D eigenvalue weighted by Gasteiger charge is 2.17. The zero-order valence-corrected chi connectivity index (χ0v) is 9.55. The molecule has 2 amide bonds. The van der Waals surface area contributed by atoms with Crippen LogP contribution in [0.1, 0.15) is 36.9 Å². The molecule has 0 spiro atoms. The molecule has 1 aromatic heterocycles. The van der Waals surface area contributed by atoms with Crippen molar-refractivity contribution in [3.8, 4) is 0 Å². The lowest BCUT2D eigenvalue weighted by Gasteiger charge is -2.13. The van der Waals surface area contributed by atoms with Crippen molar-refractivity contribution in [2.45, 2.75) is 33.7 Å². The molecule has 0 aliphatic rings. The molecule has 0 fully saturated rings. The van der Waals surface area contributed by atoms with Crippen LogP contribution in [0.5, 0.6) is 0 Å². The molecule has 1 unspecified atom stereocenters. The Morgan fingerprint density at radius 3 is 2.67 bits per heavy atom. The summed E-state index contributed by atoms with van der Waals surface area (Å²) in [6.45, 7) is 8.09. The second-order valence-corrected chi connectivity index (χ2v) is 3.46. The number of nitrogens with one attached hydrogen (secondary N) is 2. The van der Waals surface area contributed by atoms with Gasteiger partial charge in [-0.3, -0.25) is 0 Å². The zero-order chi connectivity index (χ0) is 11.4. The van der Waals surface area contributed by atoms with Gasteiger partial charge in [-0.05, 0) is 27.7 Å². The summed E-state index contributed by atoms with van der Waals surface area (Å²) < 4.78 is 5.04. The van der Waals surface area contributed by atoms with Gasteiger partial charge in [0, 0.05) is 12.1 Å². The van der Waals surface area contributed by atoms with E-state index in [-0.39, 0.29) is 12.1 Å². The predicted octanol–water partition coefficient (Wildman–Crippen LogP) is 1.67. The summed E-state index contributed by atoms with van der Waals surface area (Å²) in [5.41, 5.74) is 1.76. The van der Waals surface area contributed by atoms with Crippen LogP contribution < -0.4 is 10.6 Å². The third-order valence-electron chi connectivity index (χ3n) is 2.21. The lowest BCUT2D eigenvalue weighted by Crippen LogP contribution is -2.37. The molecule has 2 N–H and O–H groups in total. The number of aryl methyl sites for hydroxylation is 2. The van der Waals surface area contributed by atoms with Gasteiger partial charge < -0.3 is 15.2 Å². The van der Waals surface area contributed by atoms with Crippen molar-refractivity contribution in [1.82, 2.24) is 15.8 Å². The zero-order valence-electron chi connectivity index (χ0n) is 9.55. The number of hydrogen-bond acceptors (Lipinski definition) is 3. The molecule has 1 heterocycles. The van der Waals surface area contributed by atoms with Crippen LogP contribution in [0.4, 0.5) is 4.79 Å². The molecule has 0 aromatic carbocycles. The SMILES string of the molecule is CCNC(=O)NC(C)c1c(C)noc1C. The van der Waals surface area contributed by atoms with E-state index >= 15 is 0 Å². The van der Waals surface area contributed by atoms with Crippen LogP contribution >= 0.6 is 0 Å². The van der Waals surface area contributed by atoms with Gasteiger partial charge in [0.15, 0.2) is 0 Å². The Kier molecular flexibility index (Phi) is 3.71.